The predicted octanol–water partition coefficient (Wildman–Crippen LogP) is 4.54. The second kappa shape index (κ2) is 7.38. The average molecular weight is 394 g/mol. The number of pyridine rings is 1. The van der Waals surface area contributed by atoms with Crippen LogP contribution >= 0.6 is 0 Å². The van der Waals surface area contributed by atoms with Crippen molar-refractivity contribution in [2.24, 2.45) is 0 Å². The number of rotatable bonds is 5. The lowest BCUT2D eigenvalue weighted by Gasteiger charge is -2.07. The van der Waals surface area contributed by atoms with Gasteiger partial charge in [-0.15, -0.1) is 5.10 Å². The first-order valence-corrected chi connectivity index (χ1v) is 9.05. The molecule has 0 aliphatic carbocycles. The highest BCUT2D eigenvalue weighted by atomic mass is 19.1. The third-order valence-corrected chi connectivity index (χ3v) is 4.50. The number of hydrogen-bond acceptors (Lipinski definition) is 5. The Balaban J connectivity index is 1.64. The Morgan fingerprint density at radius 1 is 1.24 bits per heavy atom. The zero-order chi connectivity index (χ0) is 20.5. The molecule has 29 heavy (non-hydrogen) atoms. The Bertz CT molecular complexity index is 1200. The van der Waals surface area contributed by atoms with Crippen LogP contribution < -0.4 is 10.1 Å². The van der Waals surface area contributed by atoms with Gasteiger partial charge >= 0.3 is 0 Å². The summed E-state index contributed by atoms with van der Waals surface area (Å²) in [5, 5.41) is 7.85. The Labute approximate surface area is 166 Å². The summed E-state index contributed by atoms with van der Waals surface area (Å²) in [6.07, 6.45) is 3.49. The van der Waals surface area contributed by atoms with Gasteiger partial charge in [0.25, 0.3) is 11.9 Å². The highest BCUT2D eigenvalue weighted by Crippen LogP contribution is 2.24. The Kier molecular flexibility index (Phi) is 4.75. The first-order chi connectivity index (χ1) is 13.9. The minimum Gasteiger partial charge on any atom is -0.468 e. The van der Waals surface area contributed by atoms with Crippen LogP contribution in [-0.2, 0) is 0 Å². The fraction of sp³-hybridized carbons (Fsp3) is 0.190. The van der Waals surface area contributed by atoms with Crippen LogP contribution in [-0.4, -0.2) is 27.8 Å². The number of hydrogen-bond donors (Lipinski definition) is 1. The van der Waals surface area contributed by atoms with Crippen molar-refractivity contribution in [3.05, 3.63) is 65.9 Å². The summed E-state index contributed by atoms with van der Waals surface area (Å²) in [6, 6.07) is 9.27. The van der Waals surface area contributed by atoms with Crippen molar-refractivity contribution in [2.45, 2.75) is 19.8 Å². The van der Waals surface area contributed by atoms with E-state index in [-0.39, 0.29) is 17.4 Å². The predicted molar refractivity (Wildman–Crippen MR) is 106 cm³/mol. The van der Waals surface area contributed by atoms with Crippen molar-refractivity contribution in [2.75, 3.05) is 12.4 Å². The number of fused-ring (bicyclic) bond motifs is 1. The standard InChI is InChI=1S/C21H19FN4O3/c1-12(2)13-8-14-11-26(25-20(14)23-10-13)17-9-15(4-5-16(17)22)24-21(27)18-6-7-19(28-3)29-18/h4-12H,1-3H3,(H,24,27). The van der Waals surface area contributed by atoms with Crippen LogP contribution in [0.15, 0.2) is 53.2 Å². The van der Waals surface area contributed by atoms with Crippen LogP contribution in [0.4, 0.5) is 10.1 Å². The molecule has 1 N–H and O–H groups in total. The molecule has 0 aliphatic heterocycles. The molecular weight excluding hydrogens is 375 g/mol. The topological polar surface area (TPSA) is 82.2 Å². The number of furan rings is 1. The fourth-order valence-corrected chi connectivity index (χ4v) is 2.88. The van der Waals surface area contributed by atoms with E-state index in [4.69, 9.17) is 9.15 Å². The van der Waals surface area contributed by atoms with Crippen LogP contribution in [0.3, 0.4) is 0 Å². The van der Waals surface area contributed by atoms with Gasteiger partial charge in [0, 0.05) is 29.5 Å². The van der Waals surface area contributed by atoms with E-state index in [1.165, 1.54) is 36.1 Å². The zero-order valence-corrected chi connectivity index (χ0v) is 16.1. The SMILES string of the molecule is COc1ccc(C(=O)Nc2ccc(F)c(-n3cc4cc(C(C)C)cnc4n3)c2)o1. The Hall–Kier alpha value is -3.68. The molecule has 4 rings (SSSR count). The van der Waals surface area contributed by atoms with Crippen molar-refractivity contribution in [3.63, 3.8) is 0 Å². The lowest BCUT2D eigenvalue weighted by atomic mass is 10.1. The molecule has 0 aliphatic rings. The van der Waals surface area contributed by atoms with E-state index in [0.717, 1.165) is 10.9 Å². The minimum atomic E-state index is -0.473. The fourth-order valence-electron chi connectivity index (χ4n) is 2.88. The van der Waals surface area contributed by atoms with Crippen LogP contribution in [0.25, 0.3) is 16.7 Å². The van der Waals surface area contributed by atoms with Crippen molar-refractivity contribution >= 4 is 22.6 Å². The molecule has 0 unspecified atom stereocenters. The largest absolute Gasteiger partial charge is 0.468 e. The number of ether oxygens (including phenoxy) is 1. The van der Waals surface area contributed by atoms with Gasteiger partial charge in [0.1, 0.15) is 11.5 Å². The summed E-state index contributed by atoms with van der Waals surface area (Å²) < 4.78 is 26.1. The number of anilines is 1. The summed E-state index contributed by atoms with van der Waals surface area (Å²) in [5.41, 5.74) is 2.19. The first-order valence-electron chi connectivity index (χ1n) is 9.05. The summed E-state index contributed by atoms with van der Waals surface area (Å²) in [7, 11) is 1.44. The summed E-state index contributed by atoms with van der Waals surface area (Å²) in [6.45, 7) is 4.15. The van der Waals surface area contributed by atoms with Gasteiger partial charge in [-0.05, 0) is 41.8 Å². The van der Waals surface area contributed by atoms with Gasteiger partial charge in [0.15, 0.2) is 11.4 Å². The highest BCUT2D eigenvalue weighted by Gasteiger charge is 2.15. The zero-order valence-electron chi connectivity index (χ0n) is 16.1. The average Bonchev–Trinajstić information content (AvgIpc) is 3.35. The van der Waals surface area contributed by atoms with Gasteiger partial charge in [-0.25, -0.2) is 14.1 Å². The summed E-state index contributed by atoms with van der Waals surface area (Å²) >= 11 is 0. The number of methoxy groups -OCH3 is 1. The molecule has 0 saturated carbocycles. The lowest BCUT2D eigenvalue weighted by Crippen LogP contribution is -2.11. The number of amides is 1. The van der Waals surface area contributed by atoms with Gasteiger partial charge in [-0.1, -0.05) is 13.8 Å². The maximum Gasteiger partial charge on any atom is 0.291 e. The first kappa shape index (κ1) is 18.7. The molecule has 1 amide bonds. The molecule has 0 spiro atoms. The third kappa shape index (κ3) is 3.69. The maximum absolute atomic E-state index is 14.5. The van der Waals surface area contributed by atoms with Crippen molar-refractivity contribution in [1.82, 2.24) is 14.8 Å². The van der Waals surface area contributed by atoms with E-state index in [0.29, 0.717) is 17.3 Å². The third-order valence-electron chi connectivity index (χ3n) is 4.50. The molecule has 3 heterocycles. The van der Waals surface area contributed by atoms with Crippen LogP contribution in [0.5, 0.6) is 5.95 Å². The maximum atomic E-state index is 14.5. The van der Waals surface area contributed by atoms with E-state index in [1.807, 2.05) is 6.07 Å². The lowest BCUT2D eigenvalue weighted by molar-refractivity contribution is 0.0990. The number of nitrogens with zero attached hydrogens (tertiary/aromatic N) is 3. The normalized spacial score (nSPS) is 11.2. The second-order valence-corrected chi connectivity index (χ2v) is 6.85. The molecule has 7 nitrogen and oxygen atoms in total. The molecule has 0 radical (unpaired) electrons. The number of carbonyl (C=O) groups excluding carboxylic acids is 1. The van der Waals surface area contributed by atoms with Gasteiger partial charge in [-0.3, -0.25) is 4.79 Å². The smallest absolute Gasteiger partial charge is 0.291 e. The van der Waals surface area contributed by atoms with Crippen molar-refractivity contribution < 1.29 is 18.3 Å². The molecular formula is C21H19FN4O3. The van der Waals surface area contributed by atoms with E-state index in [1.54, 1.807) is 18.5 Å². The van der Waals surface area contributed by atoms with Crippen LogP contribution in [0.1, 0.15) is 35.9 Å². The number of halogens is 1. The van der Waals surface area contributed by atoms with Gasteiger partial charge in [0.2, 0.25) is 0 Å². The van der Waals surface area contributed by atoms with Crippen LogP contribution in [0, 0.1) is 5.82 Å². The monoisotopic (exact) mass is 394 g/mol. The molecule has 0 saturated heterocycles. The van der Waals surface area contributed by atoms with Gasteiger partial charge in [0.05, 0.1) is 7.11 Å². The number of aromatic nitrogens is 3. The number of nitrogens with one attached hydrogen (secondary N) is 1. The number of benzene rings is 1. The molecule has 0 bridgehead atoms. The summed E-state index contributed by atoms with van der Waals surface area (Å²) in [4.78, 5) is 16.7. The van der Waals surface area contributed by atoms with Crippen molar-refractivity contribution in [3.8, 4) is 11.6 Å². The second-order valence-electron chi connectivity index (χ2n) is 6.85. The van der Waals surface area contributed by atoms with E-state index in [9.17, 15) is 9.18 Å². The molecule has 0 fully saturated rings. The van der Waals surface area contributed by atoms with Crippen LogP contribution in [0.2, 0.25) is 0 Å². The quantitative estimate of drug-likeness (QED) is 0.537. The molecule has 4 aromatic rings. The highest BCUT2D eigenvalue weighted by molar-refractivity contribution is 6.02. The molecule has 8 heteroatoms. The molecule has 3 aromatic heterocycles. The minimum absolute atomic E-state index is 0.0861. The van der Waals surface area contributed by atoms with E-state index in [2.05, 4.69) is 29.2 Å². The van der Waals surface area contributed by atoms with E-state index < -0.39 is 11.7 Å². The van der Waals surface area contributed by atoms with Gasteiger partial charge in [-0.2, -0.15) is 0 Å². The number of carbonyl (C=O) groups is 1. The van der Waals surface area contributed by atoms with Gasteiger partial charge < -0.3 is 14.5 Å². The Morgan fingerprint density at radius 3 is 2.79 bits per heavy atom. The summed E-state index contributed by atoms with van der Waals surface area (Å²) in [5.74, 6) is -0.306. The Morgan fingerprint density at radius 2 is 2.07 bits per heavy atom. The molecule has 0 atom stereocenters. The molecule has 148 valence electrons. The van der Waals surface area contributed by atoms with Crippen molar-refractivity contribution in [1.29, 1.82) is 0 Å². The van der Waals surface area contributed by atoms with E-state index >= 15 is 0 Å². The molecule has 1 aromatic carbocycles.